The minimum absolute atomic E-state index is 0.340. The molecule has 1 unspecified atom stereocenters. The van der Waals surface area contributed by atoms with Crippen LogP contribution in [0, 0.1) is 0 Å². The van der Waals surface area contributed by atoms with Crippen molar-refractivity contribution in [3.05, 3.63) is 0 Å². The fourth-order valence-electron chi connectivity index (χ4n) is 3.18. The van der Waals surface area contributed by atoms with Gasteiger partial charge in [-0.3, -0.25) is 4.90 Å². The van der Waals surface area contributed by atoms with Crippen molar-refractivity contribution in [2.45, 2.75) is 94.8 Å². The highest BCUT2D eigenvalue weighted by Crippen LogP contribution is 2.38. The van der Waals surface area contributed by atoms with Crippen LogP contribution in [0.4, 0.5) is 0 Å². The molecule has 19 heavy (non-hydrogen) atoms. The predicted octanol–water partition coefficient (Wildman–Crippen LogP) is 6.11. The van der Waals surface area contributed by atoms with E-state index < -0.39 is 0 Å². The molecule has 1 aliphatic heterocycles. The van der Waals surface area contributed by atoms with E-state index in [4.69, 9.17) is 0 Å². The molecule has 0 saturated carbocycles. The maximum absolute atomic E-state index is 3.96. The first-order chi connectivity index (χ1) is 9.19. The quantitative estimate of drug-likeness (QED) is 0.250. The van der Waals surface area contributed by atoms with Crippen LogP contribution in [0.1, 0.15) is 90.4 Å². The largest absolute Gasteiger partial charge is 0.292 e. The summed E-state index contributed by atoms with van der Waals surface area (Å²) in [5.74, 6) is 0. The molecule has 1 rings (SSSR count). The number of alkyl halides is 1. The summed E-state index contributed by atoms with van der Waals surface area (Å²) < 4.78 is 0.340. The van der Waals surface area contributed by atoms with E-state index in [1.54, 1.807) is 0 Å². The zero-order valence-electron chi connectivity index (χ0n) is 13.2. The topological polar surface area (TPSA) is 3.24 Å². The van der Waals surface area contributed by atoms with Gasteiger partial charge in [-0.2, -0.15) is 0 Å². The second kappa shape index (κ2) is 10.2. The summed E-state index contributed by atoms with van der Waals surface area (Å²) in [6, 6.07) is 0. The van der Waals surface area contributed by atoms with Crippen LogP contribution in [0.2, 0.25) is 0 Å². The Balaban J connectivity index is 1.86. The lowest BCUT2D eigenvalue weighted by Crippen LogP contribution is -2.34. The minimum Gasteiger partial charge on any atom is -0.292 e. The van der Waals surface area contributed by atoms with Crippen LogP contribution in [0.15, 0.2) is 0 Å². The molecule has 0 amide bonds. The number of rotatable bonds is 11. The Kier molecular flexibility index (Phi) is 9.40. The molecule has 0 spiro atoms. The number of halogens is 1. The Morgan fingerprint density at radius 1 is 0.895 bits per heavy atom. The fourth-order valence-corrected chi connectivity index (χ4v) is 3.92. The van der Waals surface area contributed by atoms with Gasteiger partial charge in [0.1, 0.15) is 0 Å². The molecule has 1 saturated heterocycles. The summed E-state index contributed by atoms with van der Waals surface area (Å²) in [6.07, 6.45) is 18.4. The van der Waals surface area contributed by atoms with E-state index in [1.807, 2.05) is 0 Å². The van der Waals surface area contributed by atoms with Crippen LogP contribution < -0.4 is 0 Å². The number of hydrogen-bond donors (Lipinski definition) is 0. The Morgan fingerprint density at radius 3 is 1.89 bits per heavy atom. The second-order valence-electron chi connectivity index (χ2n) is 6.38. The van der Waals surface area contributed by atoms with Crippen LogP contribution in [0.5, 0.6) is 0 Å². The van der Waals surface area contributed by atoms with Crippen molar-refractivity contribution < 1.29 is 0 Å². The van der Waals surface area contributed by atoms with E-state index in [1.165, 1.54) is 90.0 Å². The van der Waals surface area contributed by atoms with E-state index >= 15 is 0 Å². The minimum atomic E-state index is 0.340. The van der Waals surface area contributed by atoms with Gasteiger partial charge in [0.2, 0.25) is 0 Å². The average molecular weight is 332 g/mol. The van der Waals surface area contributed by atoms with Crippen molar-refractivity contribution >= 4 is 15.9 Å². The molecule has 0 bridgehead atoms. The van der Waals surface area contributed by atoms with E-state index in [9.17, 15) is 0 Å². The monoisotopic (exact) mass is 331 g/mol. The molecule has 1 aliphatic rings. The lowest BCUT2D eigenvalue weighted by Gasteiger charge is -2.30. The summed E-state index contributed by atoms with van der Waals surface area (Å²) in [5, 5.41) is 0. The molecule has 0 radical (unpaired) electrons. The Labute approximate surface area is 129 Å². The Morgan fingerprint density at radius 2 is 1.42 bits per heavy atom. The van der Waals surface area contributed by atoms with Gasteiger partial charge >= 0.3 is 0 Å². The molecule has 0 N–H and O–H groups in total. The number of hydrogen-bond acceptors (Lipinski definition) is 1. The Hall–Kier alpha value is 0.440. The van der Waals surface area contributed by atoms with Gasteiger partial charge < -0.3 is 0 Å². The molecule has 1 nitrogen and oxygen atoms in total. The van der Waals surface area contributed by atoms with Crippen molar-refractivity contribution in [2.75, 3.05) is 13.6 Å². The van der Waals surface area contributed by atoms with Gasteiger partial charge in [-0.15, -0.1) is 0 Å². The molecule has 0 aliphatic carbocycles. The third kappa shape index (κ3) is 7.13. The van der Waals surface area contributed by atoms with Gasteiger partial charge in [-0.25, -0.2) is 0 Å². The van der Waals surface area contributed by atoms with Crippen LogP contribution in [0.25, 0.3) is 0 Å². The van der Waals surface area contributed by atoms with Crippen molar-refractivity contribution in [1.29, 1.82) is 0 Å². The third-order valence-electron chi connectivity index (χ3n) is 4.65. The Bertz CT molecular complexity index is 219. The first-order valence-electron chi connectivity index (χ1n) is 8.59. The van der Waals surface area contributed by atoms with Gasteiger partial charge in [-0.05, 0) is 32.9 Å². The van der Waals surface area contributed by atoms with E-state index in [2.05, 4.69) is 34.8 Å². The fraction of sp³-hybridized carbons (Fsp3) is 1.00. The number of unbranched alkanes of at least 4 members (excludes halogenated alkanes) is 9. The van der Waals surface area contributed by atoms with Gasteiger partial charge in [0.05, 0.1) is 4.45 Å². The number of likely N-dealkylation sites (tertiary alicyclic amines) is 1. The molecule has 0 aromatic rings. The first kappa shape index (κ1) is 17.5. The highest BCUT2D eigenvalue weighted by atomic mass is 79.9. The maximum Gasteiger partial charge on any atom is 0.0765 e. The summed E-state index contributed by atoms with van der Waals surface area (Å²) in [5.41, 5.74) is 0. The average Bonchev–Trinajstić information content (AvgIpc) is 2.72. The first-order valence-corrected chi connectivity index (χ1v) is 9.38. The van der Waals surface area contributed by atoms with Crippen LogP contribution in [-0.4, -0.2) is 22.9 Å². The summed E-state index contributed by atoms with van der Waals surface area (Å²) in [4.78, 5) is 2.50. The highest BCUT2D eigenvalue weighted by molar-refractivity contribution is 9.10. The van der Waals surface area contributed by atoms with Gasteiger partial charge in [0, 0.05) is 0 Å². The normalized spacial score (nSPS) is 24.2. The van der Waals surface area contributed by atoms with Gasteiger partial charge in [-0.1, -0.05) is 87.1 Å². The standard InChI is InChI=1S/C17H34BrN/c1-3-4-5-6-7-8-9-10-11-12-14-17(18)15-13-16-19(17)2/h3-16H2,1-2H3. The van der Waals surface area contributed by atoms with E-state index in [0.717, 1.165) is 0 Å². The van der Waals surface area contributed by atoms with Crippen LogP contribution in [0.3, 0.4) is 0 Å². The third-order valence-corrected chi connectivity index (χ3v) is 6.05. The van der Waals surface area contributed by atoms with Crippen molar-refractivity contribution in [2.24, 2.45) is 0 Å². The van der Waals surface area contributed by atoms with Crippen LogP contribution >= 0.6 is 15.9 Å². The zero-order chi connectivity index (χ0) is 14.0. The van der Waals surface area contributed by atoms with Crippen molar-refractivity contribution in [1.82, 2.24) is 4.90 Å². The second-order valence-corrected chi connectivity index (χ2v) is 7.85. The summed E-state index contributed by atoms with van der Waals surface area (Å²) >= 11 is 3.96. The highest BCUT2D eigenvalue weighted by Gasteiger charge is 2.34. The summed E-state index contributed by atoms with van der Waals surface area (Å²) in [6.45, 7) is 3.56. The van der Waals surface area contributed by atoms with Crippen LogP contribution in [-0.2, 0) is 0 Å². The molecule has 114 valence electrons. The lowest BCUT2D eigenvalue weighted by molar-refractivity contribution is 0.262. The van der Waals surface area contributed by atoms with Crippen molar-refractivity contribution in [3.63, 3.8) is 0 Å². The van der Waals surface area contributed by atoms with Crippen molar-refractivity contribution in [3.8, 4) is 0 Å². The smallest absolute Gasteiger partial charge is 0.0765 e. The zero-order valence-corrected chi connectivity index (χ0v) is 14.8. The molecule has 1 heterocycles. The van der Waals surface area contributed by atoms with Gasteiger partial charge in [0.15, 0.2) is 0 Å². The molecule has 2 heteroatoms. The molecular formula is C17H34BrN. The SMILES string of the molecule is CCCCCCCCCCCCC1(Br)CCCN1C. The number of nitrogens with zero attached hydrogens (tertiary/aromatic N) is 1. The van der Waals surface area contributed by atoms with E-state index in [0.29, 0.717) is 4.45 Å². The summed E-state index contributed by atoms with van der Waals surface area (Å²) in [7, 11) is 2.26. The van der Waals surface area contributed by atoms with Gasteiger partial charge in [0.25, 0.3) is 0 Å². The molecule has 1 atom stereocenters. The molecular weight excluding hydrogens is 298 g/mol. The maximum atomic E-state index is 3.96. The lowest BCUT2D eigenvalue weighted by atomic mass is 10.0. The molecule has 0 aromatic carbocycles. The van der Waals surface area contributed by atoms with E-state index in [-0.39, 0.29) is 0 Å². The predicted molar refractivity (Wildman–Crippen MR) is 90.0 cm³/mol. The molecule has 0 aromatic heterocycles. The molecule has 1 fully saturated rings.